The van der Waals surface area contributed by atoms with Gasteiger partial charge in [-0.3, -0.25) is 14.6 Å². The average molecular weight is 629 g/mol. The van der Waals surface area contributed by atoms with E-state index in [1.165, 1.54) is 17.3 Å². The minimum atomic E-state index is -0.766. The first kappa shape index (κ1) is 33.5. The van der Waals surface area contributed by atoms with Crippen LogP contribution in [-0.4, -0.2) is 65.7 Å². The van der Waals surface area contributed by atoms with E-state index < -0.39 is 11.9 Å². The molecular weight excluding hydrogens is 588 g/mol. The van der Waals surface area contributed by atoms with E-state index in [4.69, 9.17) is 28.8 Å². The first-order valence-electron chi connectivity index (χ1n) is 15.0. The number of rotatable bonds is 15. The number of anilines is 1. The van der Waals surface area contributed by atoms with E-state index in [1.807, 2.05) is 18.2 Å². The molecule has 0 aliphatic heterocycles. The summed E-state index contributed by atoms with van der Waals surface area (Å²) in [5, 5.41) is 5.23. The lowest BCUT2D eigenvalue weighted by atomic mass is 9.98. The summed E-state index contributed by atoms with van der Waals surface area (Å²) in [6, 6.07) is 19.9. The fourth-order valence-corrected chi connectivity index (χ4v) is 5.14. The second kappa shape index (κ2) is 16.1. The number of hydrogen-bond donors (Lipinski definition) is 4. The molecule has 0 saturated heterocycles. The quantitative estimate of drug-likeness (QED) is 0.0873. The van der Waals surface area contributed by atoms with Crippen molar-refractivity contribution >= 4 is 45.7 Å². The highest BCUT2D eigenvalue weighted by Crippen LogP contribution is 2.20. The Labute approximate surface area is 269 Å². The summed E-state index contributed by atoms with van der Waals surface area (Å²) < 4.78 is 0. The standard InChI is InChI=1S/C34H41ClN8O2/c1-43(2)17-5-7-22-10-14-27(15-11-22)41-34(45)28(36)20-24-9-13-25-18-23(8-12-26(25)19-24)6-3-4-16-39-32(37)30-31(33(38)44)42-29(35)21-40-30/h8-15,18-19,21,28H,3-7,16-17,20,36H2,1-2H3,(H2,37,39)(H2,38,44)(H,41,45). The number of hydrogen-bond acceptors (Lipinski definition) is 7. The summed E-state index contributed by atoms with van der Waals surface area (Å²) in [5.74, 6) is -0.864. The lowest BCUT2D eigenvalue weighted by Crippen LogP contribution is -2.37. The van der Waals surface area contributed by atoms with Crippen molar-refractivity contribution in [1.82, 2.24) is 14.9 Å². The Kier molecular flexibility index (Phi) is 12.0. The molecule has 1 heterocycles. The Hall–Kier alpha value is -4.38. The van der Waals surface area contributed by atoms with Gasteiger partial charge in [-0.1, -0.05) is 60.1 Å². The molecule has 3 aromatic carbocycles. The van der Waals surface area contributed by atoms with Crippen LogP contribution in [0.2, 0.25) is 5.15 Å². The molecule has 1 atom stereocenters. The maximum atomic E-state index is 12.8. The molecular formula is C34H41ClN8O2. The van der Waals surface area contributed by atoms with Crippen LogP contribution in [-0.2, 0) is 24.1 Å². The van der Waals surface area contributed by atoms with Crippen molar-refractivity contribution in [2.75, 3.05) is 32.5 Å². The van der Waals surface area contributed by atoms with Crippen LogP contribution >= 0.6 is 11.6 Å². The van der Waals surface area contributed by atoms with Gasteiger partial charge in [0.2, 0.25) is 5.91 Å². The number of aliphatic imine (C=N–C) groups is 1. The van der Waals surface area contributed by atoms with Gasteiger partial charge in [-0.15, -0.1) is 0 Å². The predicted molar refractivity (Wildman–Crippen MR) is 182 cm³/mol. The van der Waals surface area contributed by atoms with Gasteiger partial charge >= 0.3 is 0 Å². The molecule has 1 unspecified atom stereocenters. The Balaban J connectivity index is 1.25. The number of nitrogens with zero attached hydrogens (tertiary/aromatic N) is 4. The van der Waals surface area contributed by atoms with Gasteiger partial charge in [-0.05, 0) is 98.8 Å². The number of amides is 2. The molecule has 236 valence electrons. The summed E-state index contributed by atoms with van der Waals surface area (Å²) >= 11 is 5.81. The Morgan fingerprint density at radius 2 is 1.53 bits per heavy atom. The Morgan fingerprint density at radius 1 is 0.889 bits per heavy atom. The zero-order valence-electron chi connectivity index (χ0n) is 25.8. The van der Waals surface area contributed by atoms with E-state index in [0.29, 0.717) is 13.0 Å². The van der Waals surface area contributed by atoms with E-state index >= 15 is 0 Å². The van der Waals surface area contributed by atoms with Crippen LogP contribution in [0.15, 0.2) is 71.9 Å². The minimum Gasteiger partial charge on any atom is -0.382 e. The van der Waals surface area contributed by atoms with Crippen molar-refractivity contribution in [2.45, 2.75) is 44.6 Å². The number of halogens is 1. The van der Waals surface area contributed by atoms with Gasteiger partial charge in [0.25, 0.3) is 5.91 Å². The Bertz CT molecular complexity index is 1660. The van der Waals surface area contributed by atoms with Gasteiger partial charge in [0.05, 0.1) is 12.2 Å². The fourth-order valence-electron chi connectivity index (χ4n) is 5.01. The van der Waals surface area contributed by atoms with Crippen LogP contribution in [0.25, 0.3) is 10.8 Å². The van der Waals surface area contributed by atoms with Gasteiger partial charge in [0, 0.05) is 12.2 Å². The average Bonchev–Trinajstić information content (AvgIpc) is 3.01. The van der Waals surface area contributed by atoms with Crippen LogP contribution in [0, 0.1) is 0 Å². The topological polar surface area (TPSA) is 166 Å². The zero-order valence-corrected chi connectivity index (χ0v) is 26.6. The normalized spacial score (nSPS) is 12.4. The van der Waals surface area contributed by atoms with Crippen molar-refractivity contribution < 1.29 is 9.59 Å². The molecule has 10 nitrogen and oxygen atoms in total. The van der Waals surface area contributed by atoms with Crippen LogP contribution in [0.4, 0.5) is 5.69 Å². The van der Waals surface area contributed by atoms with E-state index in [1.54, 1.807) is 0 Å². The van der Waals surface area contributed by atoms with Gasteiger partial charge < -0.3 is 27.4 Å². The number of unbranched alkanes of at least 4 members (excludes halogenated alkanes) is 1. The highest BCUT2D eigenvalue weighted by atomic mass is 35.5. The van der Waals surface area contributed by atoms with Crippen molar-refractivity contribution in [3.05, 3.63) is 100 Å². The third-order valence-corrected chi connectivity index (χ3v) is 7.61. The number of carbonyl (C=O) groups is 2. The first-order valence-corrected chi connectivity index (χ1v) is 15.4. The zero-order chi connectivity index (χ0) is 32.3. The number of nitrogens with two attached hydrogens (primary N) is 3. The van der Waals surface area contributed by atoms with Gasteiger partial charge in [-0.2, -0.15) is 0 Å². The van der Waals surface area contributed by atoms with Gasteiger partial charge in [-0.25, -0.2) is 9.97 Å². The third-order valence-electron chi connectivity index (χ3n) is 7.43. The molecule has 0 fully saturated rings. The summed E-state index contributed by atoms with van der Waals surface area (Å²) in [4.78, 5) is 38.9. The van der Waals surface area contributed by atoms with Gasteiger partial charge in [0.15, 0.2) is 5.69 Å². The number of aryl methyl sites for hydroxylation is 2. The van der Waals surface area contributed by atoms with Crippen LogP contribution in [0.3, 0.4) is 0 Å². The smallest absolute Gasteiger partial charge is 0.269 e. The van der Waals surface area contributed by atoms with E-state index in [-0.39, 0.29) is 28.3 Å². The molecule has 0 spiro atoms. The predicted octanol–water partition coefficient (Wildman–Crippen LogP) is 4.11. The van der Waals surface area contributed by atoms with Crippen molar-refractivity contribution in [1.29, 1.82) is 0 Å². The van der Waals surface area contributed by atoms with Crippen LogP contribution < -0.4 is 22.5 Å². The first-order chi connectivity index (χ1) is 21.6. The Morgan fingerprint density at radius 3 is 2.22 bits per heavy atom. The molecule has 0 bridgehead atoms. The highest BCUT2D eigenvalue weighted by molar-refractivity contribution is 6.29. The lowest BCUT2D eigenvalue weighted by molar-refractivity contribution is -0.117. The molecule has 4 rings (SSSR count). The molecule has 11 heteroatoms. The highest BCUT2D eigenvalue weighted by Gasteiger charge is 2.16. The molecule has 0 aliphatic carbocycles. The maximum absolute atomic E-state index is 12.8. The molecule has 0 aliphatic rings. The number of fused-ring (bicyclic) bond motifs is 1. The number of aromatic nitrogens is 2. The molecule has 2 amide bonds. The van der Waals surface area contributed by atoms with E-state index in [0.717, 1.165) is 60.7 Å². The summed E-state index contributed by atoms with van der Waals surface area (Å²) in [6.45, 7) is 1.52. The van der Waals surface area contributed by atoms with E-state index in [9.17, 15) is 9.59 Å². The molecule has 4 aromatic rings. The SMILES string of the molecule is CN(C)CCCc1ccc(NC(=O)C(N)Cc2ccc3cc(CCCCN=C(N)c4ncc(Cl)nc4C(N)=O)ccc3c2)cc1. The van der Waals surface area contributed by atoms with Crippen molar-refractivity contribution in [2.24, 2.45) is 22.2 Å². The summed E-state index contributed by atoms with van der Waals surface area (Å²) in [5.41, 5.74) is 21.9. The molecule has 7 N–H and O–H groups in total. The third kappa shape index (κ3) is 10.1. The monoisotopic (exact) mass is 628 g/mol. The van der Waals surface area contributed by atoms with Crippen LogP contribution in [0.1, 0.15) is 52.1 Å². The summed E-state index contributed by atoms with van der Waals surface area (Å²) in [7, 11) is 4.15. The lowest BCUT2D eigenvalue weighted by Gasteiger charge is -2.14. The molecule has 0 saturated carbocycles. The van der Waals surface area contributed by atoms with Crippen molar-refractivity contribution in [3.63, 3.8) is 0 Å². The maximum Gasteiger partial charge on any atom is 0.269 e. The number of benzene rings is 3. The summed E-state index contributed by atoms with van der Waals surface area (Å²) in [6.07, 6.45) is 6.41. The largest absolute Gasteiger partial charge is 0.382 e. The van der Waals surface area contributed by atoms with E-state index in [2.05, 4.69) is 81.7 Å². The second-order valence-electron chi connectivity index (χ2n) is 11.4. The number of amidine groups is 1. The van der Waals surface area contributed by atoms with Crippen LogP contribution in [0.5, 0.6) is 0 Å². The number of carbonyl (C=O) groups excluding carboxylic acids is 2. The molecule has 1 aromatic heterocycles. The van der Waals surface area contributed by atoms with Crippen molar-refractivity contribution in [3.8, 4) is 0 Å². The number of primary amides is 1. The molecule has 0 radical (unpaired) electrons. The second-order valence-corrected chi connectivity index (χ2v) is 11.8. The fraction of sp³-hybridized carbons (Fsp3) is 0.324. The van der Waals surface area contributed by atoms with Gasteiger partial charge in [0.1, 0.15) is 16.7 Å². The minimum absolute atomic E-state index is 0.0573. The number of nitrogens with one attached hydrogen (secondary N) is 1. The molecule has 45 heavy (non-hydrogen) atoms.